The average molecular weight is 182 g/mol. The van der Waals surface area contributed by atoms with Crippen molar-refractivity contribution in [1.29, 1.82) is 0 Å². The average Bonchev–Trinajstić information content (AvgIpc) is 2.29. The van der Waals surface area contributed by atoms with Crippen LogP contribution in [0.4, 0.5) is 0 Å². The van der Waals surface area contributed by atoms with E-state index in [0.29, 0.717) is 0 Å². The monoisotopic (exact) mass is 182 g/mol. The first-order chi connectivity index (χ1) is 6.95. The Morgan fingerprint density at radius 1 is 0.571 bits per heavy atom. The van der Waals surface area contributed by atoms with E-state index >= 15 is 0 Å². The summed E-state index contributed by atoms with van der Waals surface area (Å²) in [4.78, 5) is 4.24. The first-order valence-corrected chi connectivity index (χ1v) is 4.64. The largest absolute Gasteiger partial charge is 0.320 e. The Kier molecular flexibility index (Phi) is 1.47. The maximum atomic E-state index is 2.12. The summed E-state index contributed by atoms with van der Waals surface area (Å²) in [6, 6.07) is 0. The number of allylic oxidation sites excluding steroid dienone is 6. The molecule has 3 aliphatic heterocycles. The van der Waals surface area contributed by atoms with E-state index in [1.807, 2.05) is 12.2 Å². The molecule has 3 heterocycles. The van der Waals surface area contributed by atoms with Gasteiger partial charge in [0.25, 0.3) is 0 Å². The van der Waals surface area contributed by atoms with Crippen LogP contribution in [0.25, 0.3) is 0 Å². The number of nitrogens with zero attached hydrogens (tertiary/aromatic N) is 2. The summed E-state index contributed by atoms with van der Waals surface area (Å²) in [6.07, 6.45) is 20.7. The highest BCUT2D eigenvalue weighted by Crippen LogP contribution is 2.27. The second kappa shape index (κ2) is 2.77. The van der Waals surface area contributed by atoms with Gasteiger partial charge in [0, 0.05) is 24.8 Å². The molecule has 0 saturated heterocycles. The molecule has 14 heavy (non-hydrogen) atoms. The fourth-order valence-electron chi connectivity index (χ4n) is 1.75. The third-order valence-corrected chi connectivity index (χ3v) is 2.43. The second-order valence-electron chi connectivity index (χ2n) is 3.28. The SMILES string of the molecule is C1=CC2=C3C=CC=CN3C=CN2C=C1. The van der Waals surface area contributed by atoms with Crippen LogP contribution in [0, 0.1) is 0 Å². The van der Waals surface area contributed by atoms with Gasteiger partial charge in [-0.2, -0.15) is 0 Å². The summed E-state index contributed by atoms with van der Waals surface area (Å²) in [6.45, 7) is 0. The highest BCUT2D eigenvalue weighted by atomic mass is 15.2. The minimum atomic E-state index is 1.22. The van der Waals surface area contributed by atoms with Gasteiger partial charge in [-0.25, -0.2) is 0 Å². The fourth-order valence-corrected chi connectivity index (χ4v) is 1.75. The summed E-state index contributed by atoms with van der Waals surface area (Å²) in [7, 11) is 0. The molecule has 2 nitrogen and oxygen atoms in total. The third kappa shape index (κ3) is 0.973. The normalized spacial score (nSPS) is 21.7. The summed E-state index contributed by atoms with van der Waals surface area (Å²) < 4.78 is 0. The van der Waals surface area contributed by atoms with Gasteiger partial charge in [-0.3, -0.25) is 0 Å². The Hall–Kier alpha value is -1.96. The van der Waals surface area contributed by atoms with Crippen LogP contribution >= 0.6 is 0 Å². The summed E-state index contributed by atoms with van der Waals surface area (Å²) in [5, 5.41) is 0. The number of fused-ring (bicyclic) bond motifs is 2. The van der Waals surface area contributed by atoms with Gasteiger partial charge in [-0.1, -0.05) is 12.2 Å². The lowest BCUT2D eigenvalue weighted by atomic mass is 10.1. The van der Waals surface area contributed by atoms with Crippen molar-refractivity contribution in [2.75, 3.05) is 0 Å². The van der Waals surface area contributed by atoms with E-state index < -0.39 is 0 Å². The molecule has 0 aliphatic carbocycles. The van der Waals surface area contributed by atoms with Gasteiger partial charge in [-0.05, 0) is 24.3 Å². The lowest BCUT2D eigenvalue weighted by molar-refractivity contribution is 0.520. The van der Waals surface area contributed by atoms with E-state index in [2.05, 4.69) is 58.9 Å². The topological polar surface area (TPSA) is 6.48 Å². The second-order valence-corrected chi connectivity index (χ2v) is 3.28. The maximum Gasteiger partial charge on any atom is 0.0692 e. The number of hydrogen-bond donors (Lipinski definition) is 0. The minimum absolute atomic E-state index is 1.22. The Labute approximate surface area is 83.1 Å². The van der Waals surface area contributed by atoms with Crippen molar-refractivity contribution in [2.24, 2.45) is 0 Å². The van der Waals surface area contributed by atoms with E-state index in [1.54, 1.807) is 0 Å². The molecule has 0 fully saturated rings. The molecule has 0 saturated carbocycles. The molecule has 3 aliphatic rings. The van der Waals surface area contributed by atoms with Crippen LogP contribution in [0.5, 0.6) is 0 Å². The first-order valence-electron chi connectivity index (χ1n) is 4.64. The zero-order chi connectivity index (χ0) is 9.38. The van der Waals surface area contributed by atoms with E-state index in [-0.39, 0.29) is 0 Å². The minimum Gasteiger partial charge on any atom is -0.320 e. The predicted octanol–water partition coefficient (Wildman–Crippen LogP) is 2.45. The molecule has 0 aromatic carbocycles. The molecule has 0 unspecified atom stereocenters. The van der Waals surface area contributed by atoms with Gasteiger partial charge in [0.05, 0.1) is 11.4 Å². The summed E-state index contributed by atoms with van der Waals surface area (Å²) in [5.41, 5.74) is 2.44. The number of hydrogen-bond acceptors (Lipinski definition) is 2. The van der Waals surface area contributed by atoms with E-state index in [9.17, 15) is 0 Å². The van der Waals surface area contributed by atoms with E-state index in [4.69, 9.17) is 0 Å². The van der Waals surface area contributed by atoms with Crippen molar-refractivity contribution >= 4 is 0 Å². The lowest BCUT2D eigenvalue weighted by Gasteiger charge is -2.32. The molecule has 3 rings (SSSR count). The van der Waals surface area contributed by atoms with Crippen LogP contribution in [0.2, 0.25) is 0 Å². The third-order valence-electron chi connectivity index (χ3n) is 2.43. The smallest absolute Gasteiger partial charge is 0.0692 e. The van der Waals surface area contributed by atoms with Crippen molar-refractivity contribution in [3.8, 4) is 0 Å². The predicted molar refractivity (Wildman–Crippen MR) is 56.4 cm³/mol. The van der Waals surface area contributed by atoms with Crippen molar-refractivity contribution in [3.05, 3.63) is 72.7 Å². The first kappa shape index (κ1) is 7.44. The van der Waals surface area contributed by atoms with E-state index in [1.165, 1.54) is 11.4 Å². The number of rotatable bonds is 0. The van der Waals surface area contributed by atoms with Gasteiger partial charge >= 0.3 is 0 Å². The lowest BCUT2D eigenvalue weighted by Crippen LogP contribution is -2.24. The highest BCUT2D eigenvalue weighted by molar-refractivity contribution is 5.44. The van der Waals surface area contributed by atoms with Crippen LogP contribution in [0.3, 0.4) is 0 Å². The molecule has 2 heteroatoms. The molecule has 0 amide bonds. The zero-order valence-corrected chi connectivity index (χ0v) is 7.67. The molecule has 68 valence electrons. The Bertz CT molecular complexity index is 393. The van der Waals surface area contributed by atoms with Crippen molar-refractivity contribution in [1.82, 2.24) is 9.80 Å². The van der Waals surface area contributed by atoms with Gasteiger partial charge < -0.3 is 9.80 Å². The van der Waals surface area contributed by atoms with Gasteiger partial charge in [0.15, 0.2) is 0 Å². The molecular formula is C12H10N2. The van der Waals surface area contributed by atoms with Crippen LogP contribution in [0.1, 0.15) is 0 Å². The fraction of sp³-hybridized carbons (Fsp3) is 0. The van der Waals surface area contributed by atoms with E-state index in [0.717, 1.165) is 0 Å². The Morgan fingerprint density at radius 2 is 1.07 bits per heavy atom. The Morgan fingerprint density at radius 3 is 1.57 bits per heavy atom. The maximum absolute atomic E-state index is 2.12. The Balaban J connectivity index is 2.13. The van der Waals surface area contributed by atoms with Crippen LogP contribution < -0.4 is 0 Å². The standard InChI is InChI=1S/C12H10N2/c1-3-7-13-9-10-14-8-4-2-6-12(14)11(13)5-1/h1-10H. The van der Waals surface area contributed by atoms with Crippen LogP contribution in [-0.2, 0) is 0 Å². The molecule has 0 bridgehead atoms. The molecule has 0 spiro atoms. The van der Waals surface area contributed by atoms with Crippen LogP contribution in [0.15, 0.2) is 72.7 Å². The van der Waals surface area contributed by atoms with Gasteiger partial charge in [0.1, 0.15) is 0 Å². The molecule has 0 aromatic rings. The summed E-state index contributed by atoms with van der Waals surface area (Å²) >= 11 is 0. The van der Waals surface area contributed by atoms with Crippen molar-refractivity contribution in [3.63, 3.8) is 0 Å². The van der Waals surface area contributed by atoms with Gasteiger partial charge in [0.2, 0.25) is 0 Å². The molecular weight excluding hydrogens is 172 g/mol. The molecule has 0 radical (unpaired) electrons. The van der Waals surface area contributed by atoms with Crippen molar-refractivity contribution < 1.29 is 0 Å². The quantitative estimate of drug-likeness (QED) is 0.567. The van der Waals surface area contributed by atoms with Crippen LogP contribution in [-0.4, -0.2) is 9.80 Å². The molecule has 0 aromatic heterocycles. The van der Waals surface area contributed by atoms with Gasteiger partial charge in [-0.15, -0.1) is 0 Å². The zero-order valence-electron chi connectivity index (χ0n) is 7.67. The van der Waals surface area contributed by atoms with Crippen molar-refractivity contribution in [2.45, 2.75) is 0 Å². The molecule has 0 atom stereocenters. The summed E-state index contributed by atoms with van der Waals surface area (Å²) in [5.74, 6) is 0. The molecule has 0 N–H and O–H groups in total. The highest BCUT2D eigenvalue weighted by Gasteiger charge is 2.17.